The van der Waals surface area contributed by atoms with Crippen molar-refractivity contribution in [3.05, 3.63) is 59.7 Å². The van der Waals surface area contributed by atoms with Crippen molar-refractivity contribution in [2.75, 3.05) is 10.7 Å². The Kier molecular flexibility index (Phi) is 5.26. The van der Waals surface area contributed by atoms with Gasteiger partial charge in [-0.05, 0) is 43.3 Å². The number of amidine groups is 1. The zero-order chi connectivity index (χ0) is 17.5. The second-order valence-electron chi connectivity index (χ2n) is 5.00. The van der Waals surface area contributed by atoms with Gasteiger partial charge in [0.1, 0.15) is 6.07 Å². The first kappa shape index (κ1) is 16.7. The Morgan fingerprint density at radius 1 is 1.21 bits per heavy atom. The molecule has 0 heterocycles. The third-order valence-corrected chi connectivity index (χ3v) is 3.08. The second kappa shape index (κ2) is 7.56. The monoisotopic (exact) mass is 320 g/mol. The Labute approximate surface area is 139 Å². The van der Waals surface area contributed by atoms with Gasteiger partial charge in [0.2, 0.25) is 5.71 Å². The van der Waals surface area contributed by atoms with Gasteiger partial charge in [0.05, 0.1) is 5.69 Å². The van der Waals surface area contributed by atoms with Gasteiger partial charge < -0.3 is 11.1 Å². The van der Waals surface area contributed by atoms with Crippen LogP contribution in [0.4, 0.5) is 11.4 Å². The van der Waals surface area contributed by atoms with Gasteiger partial charge in [-0.3, -0.25) is 15.6 Å². The molecule has 2 rings (SSSR count). The van der Waals surface area contributed by atoms with Crippen molar-refractivity contribution in [2.24, 2.45) is 10.8 Å². The van der Waals surface area contributed by atoms with Crippen LogP contribution >= 0.6 is 0 Å². The number of nitrogens with two attached hydrogens (primary N) is 1. The van der Waals surface area contributed by atoms with Crippen molar-refractivity contribution in [3.63, 3.8) is 0 Å². The Balaban J connectivity index is 2.03. The summed E-state index contributed by atoms with van der Waals surface area (Å²) in [6, 6.07) is 15.8. The molecule has 0 aliphatic rings. The highest BCUT2D eigenvalue weighted by atomic mass is 16.1. The molecule has 120 valence electrons. The lowest BCUT2D eigenvalue weighted by atomic mass is 10.1. The van der Waals surface area contributed by atoms with Gasteiger partial charge >= 0.3 is 0 Å². The first-order valence-corrected chi connectivity index (χ1v) is 7.06. The van der Waals surface area contributed by atoms with E-state index in [9.17, 15) is 4.79 Å². The van der Waals surface area contributed by atoms with E-state index in [1.54, 1.807) is 36.4 Å². The molecule has 1 amide bonds. The van der Waals surface area contributed by atoms with Gasteiger partial charge in [-0.25, -0.2) is 0 Å². The van der Waals surface area contributed by atoms with Crippen molar-refractivity contribution >= 4 is 28.8 Å². The highest BCUT2D eigenvalue weighted by Crippen LogP contribution is 2.15. The Bertz CT molecular complexity index is 833. The van der Waals surface area contributed by atoms with Gasteiger partial charge in [-0.2, -0.15) is 10.4 Å². The molecule has 0 aromatic heterocycles. The summed E-state index contributed by atoms with van der Waals surface area (Å²) in [5.41, 5.74) is 10.4. The van der Waals surface area contributed by atoms with Crippen molar-refractivity contribution in [1.82, 2.24) is 0 Å². The summed E-state index contributed by atoms with van der Waals surface area (Å²) < 4.78 is 0. The molecule has 0 saturated carbocycles. The molecule has 0 radical (unpaired) electrons. The first-order chi connectivity index (χ1) is 11.5. The molecule has 24 heavy (non-hydrogen) atoms. The number of carbonyl (C=O) groups is 1. The van der Waals surface area contributed by atoms with Crippen LogP contribution in [0, 0.1) is 23.7 Å². The normalized spacial score (nSPS) is 10.6. The molecule has 0 aliphatic heterocycles. The number of hydrogen-bond acceptors (Lipinski definition) is 5. The summed E-state index contributed by atoms with van der Waals surface area (Å²) in [6.45, 7) is 1.92. The van der Waals surface area contributed by atoms with Crippen LogP contribution in [-0.2, 0) is 0 Å². The molecule has 0 bridgehead atoms. The topological polar surface area (TPSA) is 127 Å². The van der Waals surface area contributed by atoms with Crippen molar-refractivity contribution in [2.45, 2.75) is 6.92 Å². The number of nitrogens with one attached hydrogen (secondary N) is 3. The molecule has 0 saturated heterocycles. The summed E-state index contributed by atoms with van der Waals surface area (Å²) in [4.78, 5) is 12.2. The molecular formula is C17H16N6O. The van der Waals surface area contributed by atoms with Gasteiger partial charge in [-0.15, -0.1) is 0 Å². The van der Waals surface area contributed by atoms with E-state index >= 15 is 0 Å². The average Bonchev–Trinajstić information content (AvgIpc) is 2.56. The van der Waals surface area contributed by atoms with E-state index in [-0.39, 0.29) is 11.6 Å². The van der Waals surface area contributed by atoms with E-state index in [0.717, 1.165) is 5.56 Å². The van der Waals surface area contributed by atoms with Crippen LogP contribution in [-0.4, -0.2) is 17.5 Å². The Morgan fingerprint density at radius 2 is 1.88 bits per heavy atom. The van der Waals surface area contributed by atoms with Gasteiger partial charge in [-0.1, -0.05) is 17.7 Å². The molecule has 5 N–H and O–H groups in total. The van der Waals surface area contributed by atoms with Crippen LogP contribution in [0.2, 0.25) is 0 Å². The van der Waals surface area contributed by atoms with Gasteiger partial charge in [0, 0.05) is 11.3 Å². The van der Waals surface area contributed by atoms with E-state index in [0.29, 0.717) is 16.9 Å². The minimum atomic E-state index is -0.410. The third-order valence-electron chi connectivity index (χ3n) is 3.08. The van der Waals surface area contributed by atoms with E-state index < -0.39 is 5.84 Å². The maximum Gasteiger partial charge on any atom is 0.255 e. The quantitative estimate of drug-likeness (QED) is 0.383. The van der Waals surface area contributed by atoms with Crippen LogP contribution in [0.5, 0.6) is 0 Å². The smallest absolute Gasteiger partial charge is 0.255 e. The predicted octanol–water partition coefficient (Wildman–Crippen LogP) is 2.47. The standard InChI is InChI=1S/C17H16N6O/c1-11-3-2-4-12(9-11)17(24)21-13-5-7-14(8-6-13)22-23-15(10-18)16(19)20/h2-9,22H,1H3,(H3,19,20)(H,21,24)/b23-15+. The molecule has 2 aromatic rings. The minimum absolute atomic E-state index is 0.194. The lowest BCUT2D eigenvalue weighted by Crippen LogP contribution is -2.21. The molecule has 0 aliphatic carbocycles. The van der Waals surface area contributed by atoms with E-state index in [1.165, 1.54) is 0 Å². The predicted molar refractivity (Wildman–Crippen MR) is 94.2 cm³/mol. The fraction of sp³-hybridized carbons (Fsp3) is 0.0588. The van der Waals surface area contributed by atoms with Crippen molar-refractivity contribution < 1.29 is 4.79 Å². The molecule has 0 unspecified atom stereocenters. The summed E-state index contributed by atoms with van der Waals surface area (Å²) in [6.07, 6.45) is 0. The summed E-state index contributed by atoms with van der Waals surface area (Å²) in [5, 5.41) is 22.4. The van der Waals surface area contributed by atoms with Crippen LogP contribution in [0.15, 0.2) is 53.6 Å². The number of amides is 1. The number of benzene rings is 2. The van der Waals surface area contributed by atoms with Gasteiger partial charge in [0.15, 0.2) is 5.84 Å². The van der Waals surface area contributed by atoms with Crippen molar-refractivity contribution in [3.8, 4) is 6.07 Å². The van der Waals surface area contributed by atoms with E-state index in [2.05, 4.69) is 15.8 Å². The van der Waals surface area contributed by atoms with Crippen LogP contribution in [0.3, 0.4) is 0 Å². The lowest BCUT2D eigenvalue weighted by molar-refractivity contribution is 0.102. The summed E-state index contributed by atoms with van der Waals surface area (Å²) >= 11 is 0. The fourth-order valence-corrected chi connectivity index (χ4v) is 1.88. The molecule has 0 fully saturated rings. The fourth-order valence-electron chi connectivity index (χ4n) is 1.88. The highest BCUT2D eigenvalue weighted by Gasteiger charge is 2.06. The van der Waals surface area contributed by atoms with Crippen LogP contribution < -0.4 is 16.5 Å². The number of hydrogen-bond donors (Lipinski definition) is 4. The number of rotatable bonds is 5. The summed E-state index contributed by atoms with van der Waals surface area (Å²) in [5.74, 6) is -0.604. The molecule has 0 spiro atoms. The SMILES string of the molecule is Cc1cccc(C(=O)Nc2ccc(N/N=C(\C#N)C(=N)N)cc2)c1. The Morgan fingerprint density at radius 3 is 2.46 bits per heavy atom. The number of nitriles is 1. The average molecular weight is 320 g/mol. The minimum Gasteiger partial charge on any atom is -0.382 e. The third kappa shape index (κ3) is 4.42. The number of nitrogens with zero attached hydrogens (tertiary/aromatic N) is 2. The van der Waals surface area contributed by atoms with Gasteiger partial charge in [0.25, 0.3) is 5.91 Å². The second-order valence-corrected chi connectivity index (χ2v) is 5.00. The van der Waals surface area contributed by atoms with E-state index in [1.807, 2.05) is 25.1 Å². The number of aryl methyl sites for hydroxylation is 1. The maximum atomic E-state index is 12.2. The molecule has 7 heteroatoms. The molecule has 7 nitrogen and oxygen atoms in total. The van der Waals surface area contributed by atoms with Crippen molar-refractivity contribution in [1.29, 1.82) is 10.7 Å². The number of hydrazone groups is 1. The number of anilines is 2. The zero-order valence-corrected chi connectivity index (χ0v) is 13.0. The largest absolute Gasteiger partial charge is 0.382 e. The van der Waals surface area contributed by atoms with Crippen LogP contribution in [0.25, 0.3) is 0 Å². The number of carbonyl (C=O) groups excluding carboxylic acids is 1. The molecular weight excluding hydrogens is 304 g/mol. The lowest BCUT2D eigenvalue weighted by Gasteiger charge is -2.07. The highest BCUT2D eigenvalue weighted by molar-refractivity contribution is 6.45. The zero-order valence-electron chi connectivity index (χ0n) is 13.0. The van der Waals surface area contributed by atoms with E-state index in [4.69, 9.17) is 16.4 Å². The summed E-state index contributed by atoms with van der Waals surface area (Å²) in [7, 11) is 0. The molecule has 2 aromatic carbocycles. The maximum absolute atomic E-state index is 12.2. The molecule has 0 atom stereocenters. The first-order valence-electron chi connectivity index (χ1n) is 7.06. The Hall–Kier alpha value is -3.66. The van der Waals surface area contributed by atoms with Crippen LogP contribution in [0.1, 0.15) is 15.9 Å².